The SMILES string of the molecule is COc1ccc(NC(=O)CCNS(=O)(=O)c2ccc(OC)c(OC)c2)cc1Cl. The van der Waals surface area contributed by atoms with E-state index in [4.69, 9.17) is 25.8 Å². The van der Waals surface area contributed by atoms with Crippen LogP contribution >= 0.6 is 11.6 Å². The number of amides is 1. The van der Waals surface area contributed by atoms with Crippen molar-refractivity contribution in [2.75, 3.05) is 33.2 Å². The summed E-state index contributed by atoms with van der Waals surface area (Å²) < 4.78 is 42.4. The van der Waals surface area contributed by atoms with E-state index in [-0.39, 0.29) is 23.8 Å². The van der Waals surface area contributed by atoms with Crippen LogP contribution in [0.4, 0.5) is 5.69 Å². The topological polar surface area (TPSA) is 103 Å². The van der Waals surface area contributed by atoms with E-state index in [1.165, 1.54) is 39.5 Å². The average Bonchev–Trinajstić information content (AvgIpc) is 2.67. The average molecular weight is 429 g/mol. The number of nitrogens with one attached hydrogen (secondary N) is 2. The Morgan fingerprint density at radius 2 is 1.61 bits per heavy atom. The van der Waals surface area contributed by atoms with Crippen LogP contribution in [0.5, 0.6) is 17.2 Å². The fraction of sp³-hybridized carbons (Fsp3) is 0.278. The highest BCUT2D eigenvalue weighted by atomic mass is 35.5. The smallest absolute Gasteiger partial charge is 0.240 e. The molecule has 0 saturated heterocycles. The van der Waals surface area contributed by atoms with Gasteiger partial charge in [-0.1, -0.05) is 11.6 Å². The number of halogens is 1. The number of sulfonamides is 1. The highest BCUT2D eigenvalue weighted by molar-refractivity contribution is 7.89. The van der Waals surface area contributed by atoms with Gasteiger partial charge in [0.15, 0.2) is 11.5 Å². The maximum absolute atomic E-state index is 12.4. The Bertz CT molecular complexity index is 949. The maximum atomic E-state index is 12.4. The third-order valence-corrected chi connectivity index (χ3v) is 5.50. The minimum Gasteiger partial charge on any atom is -0.495 e. The van der Waals surface area contributed by atoms with Gasteiger partial charge in [-0.15, -0.1) is 0 Å². The minimum absolute atomic E-state index is 0.00694. The molecule has 0 heterocycles. The van der Waals surface area contributed by atoms with Crippen molar-refractivity contribution in [1.82, 2.24) is 4.72 Å². The Morgan fingerprint density at radius 1 is 0.964 bits per heavy atom. The van der Waals surface area contributed by atoms with Crippen LogP contribution in [0.15, 0.2) is 41.3 Å². The zero-order valence-corrected chi connectivity index (χ0v) is 17.2. The quantitative estimate of drug-likeness (QED) is 0.636. The second kappa shape index (κ2) is 9.63. The van der Waals surface area contributed by atoms with Gasteiger partial charge in [-0.2, -0.15) is 0 Å². The molecule has 2 rings (SSSR count). The molecule has 0 aliphatic heterocycles. The molecule has 0 bridgehead atoms. The fourth-order valence-electron chi connectivity index (χ4n) is 2.33. The summed E-state index contributed by atoms with van der Waals surface area (Å²) in [5.74, 6) is 0.831. The van der Waals surface area contributed by atoms with Crippen LogP contribution in [-0.4, -0.2) is 42.2 Å². The Labute approximate surface area is 168 Å². The molecule has 0 aliphatic rings. The van der Waals surface area contributed by atoms with Gasteiger partial charge in [-0.3, -0.25) is 4.79 Å². The molecular weight excluding hydrogens is 408 g/mol. The zero-order valence-electron chi connectivity index (χ0n) is 15.6. The Hall–Kier alpha value is -2.49. The lowest BCUT2D eigenvalue weighted by Gasteiger charge is -2.11. The molecule has 0 aliphatic carbocycles. The summed E-state index contributed by atoms with van der Waals surface area (Å²) >= 11 is 6.00. The highest BCUT2D eigenvalue weighted by Crippen LogP contribution is 2.29. The Morgan fingerprint density at radius 3 is 2.21 bits per heavy atom. The molecule has 0 radical (unpaired) electrons. The lowest BCUT2D eigenvalue weighted by atomic mass is 10.3. The first kappa shape index (κ1) is 21.8. The first-order valence-corrected chi connectivity index (χ1v) is 10.0. The van der Waals surface area contributed by atoms with E-state index >= 15 is 0 Å². The second-order valence-corrected chi connectivity index (χ2v) is 7.74. The summed E-state index contributed by atoms with van der Waals surface area (Å²) in [6.45, 7) is -0.0770. The second-order valence-electron chi connectivity index (χ2n) is 5.56. The molecule has 0 fully saturated rings. The number of carbonyl (C=O) groups excluding carboxylic acids is 1. The molecule has 28 heavy (non-hydrogen) atoms. The number of methoxy groups -OCH3 is 3. The monoisotopic (exact) mass is 428 g/mol. The van der Waals surface area contributed by atoms with Gasteiger partial charge in [0, 0.05) is 24.7 Å². The fourth-order valence-corrected chi connectivity index (χ4v) is 3.64. The molecule has 8 nitrogen and oxygen atoms in total. The molecule has 1 amide bonds. The van der Waals surface area contributed by atoms with E-state index < -0.39 is 10.0 Å². The molecule has 10 heteroatoms. The number of hydrogen-bond donors (Lipinski definition) is 2. The molecule has 0 unspecified atom stereocenters. The van der Waals surface area contributed by atoms with Gasteiger partial charge >= 0.3 is 0 Å². The van der Waals surface area contributed by atoms with Gasteiger partial charge in [0.1, 0.15) is 5.75 Å². The number of hydrogen-bond acceptors (Lipinski definition) is 6. The van der Waals surface area contributed by atoms with Crippen molar-refractivity contribution in [2.24, 2.45) is 0 Å². The number of ether oxygens (including phenoxy) is 3. The molecule has 2 aromatic rings. The van der Waals surface area contributed by atoms with Gasteiger partial charge in [-0.05, 0) is 30.3 Å². The van der Waals surface area contributed by atoms with Crippen LogP contribution in [0.2, 0.25) is 5.02 Å². The van der Waals surface area contributed by atoms with Crippen LogP contribution in [-0.2, 0) is 14.8 Å². The van der Waals surface area contributed by atoms with Crippen molar-refractivity contribution in [3.8, 4) is 17.2 Å². The van der Waals surface area contributed by atoms with Crippen molar-refractivity contribution in [3.63, 3.8) is 0 Å². The van der Waals surface area contributed by atoms with Crippen LogP contribution < -0.4 is 24.2 Å². The third kappa shape index (κ3) is 5.51. The van der Waals surface area contributed by atoms with Gasteiger partial charge in [0.25, 0.3) is 0 Å². The Balaban J connectivity index is 1.94. The van der Waals surface area contributed by atoms with Crippen LogP contribution in [0.1, 0.15) is 6.42 Å². The van der Waals surface area contributed by atoms with Gasteiger partial charge in [0.05, 0.1) is 31.2 Å². The number of rotatable bonds is 9. The molecule has 0 saturated carbocycles. The minimum atomic E-state index is -3.81. The highest BCUT2D eigenvalue weighted by Gasteiger charge is 2.17. The van der Waals surface area contributed by atoms with Gasteiger partial charge < -0.3 is 19.5 Å². The van der Waals surface area contributed by atoms with E-state index in [0.29, 0.717) is 28.0 Å². The lowest BCUT2D eigenvalue weighted by molar-refractivity contribution is -0.116. The van der Waals surface area contributed by atoms with Crippen molar-refractivity contribution in [2.45, 2.75) is 11.3 Å². The van der Waals surface area contributed by atoms with Crippen molar-refractivity contribution in [1.29, 1.82) is 0 Å². The van der Waals surface area contributed by atoms with E-state index in [1.807, 2.05) is 0 Å². The summed E-state index contributed by atoms with van der Waals surface area (Å²) in [4.78, 5) is 12.0. The number of anilines is 1. The van der Waals surface area contributed by atoms with Crippen LogP contribution in [0.3, 0.4) is 0 Å². The van der Waals surface area contributed by atoms with Gasteiger partial charge in [-0.25, -0.2) is 13.1 Å². The van der Waals surface area contributed by atoms with Crippen molar-refractivity contribution in [3.05, 3.63) is 41.4 Å². The predicted molar refractivity (Wildman–Crippen MR) is 106 cm³/mol. The predicted octanol–water partition coefficient (Wildman–Crippen LogP) is 2.67. The van der Waals surface area contributed by atoms with Crippen LogP contribution in [0, 0.1) is 0 Å². The molecule has 2 aromatic carbocycles. The zero-order chi connectivity index (χ0) is 20.7. The first-order valence-electron chi connectivity index (χ1n) is 8.15. The molecule has 0 atom stereocenters. The summed E-state index contributed by atoms with van der Waals surface area (Å²) in [6, 6.07) is 9.04. The van der Waals surface area contributed by atoms with E-state index in [2.05, 4.69) is 10.0 Å². The summed E-state index contributed by atoms with van der Waals surface area (Å²) in [5, 5.41) is 3.00. The van der Waals surface area contributed by atoms with Gasteiger partial charge in [0.2, 0.25) is 15.9 Å². The van der Waals surface area contributed by atoms with E-state index in [1.54, 1.807) is 18.2 Å². The van der Waals surface area contributed by atoms with Crippen molar-refractivity contribution < 1.29 is 27.4 Å². The number of benzene rings is 2. The summed E-state index contributed by atoms with van der Waals surface area (Å²) in [7, 11) is 0.556. The van der Waals surface area contributed by atoms with E-state index in [0.717, 1.165) is 0 Å². The van der Waals surface area contributed by atoms with Crippen LogP contribution in [0.25, 0.3) is 0 Å². The number of carbonyl (C=O) groups is 1. The molecule has 0 aromatic heterocycles. The largest absolute Gasteiger partial charge is 0.495 e. The molecular formula is C18H21ClN2O6S. The maximum Gasteiger partial charge on any atom is 0.240 e. The molecule has 2 N–H and O–H groups in total. The van der Waals surface area contributed by atoms with E-state index in [9.17, 15) is 13.2 Å². The Kier molecular flexibility index (Phi) is 7.50. The first-order chi connectivity index (χ1) is 13.3. The van der Waals surface area contributed by atoms with Crippen molar-refractivity contribution >= 4 is 33.2 Å². The molecule has 152 valence electrons. The normalized spacial score (nSPS) is 11.0. The summed E-state index contributed by atoms with van der Waals surface area (Å²) in [6.07, 6.45) is -0.0594. The summed E-state index contributed by atoms with van der Waals surface area (Å²) in [5.41, 5.74) is 0.485. The standard InChI is InChI=1S/C18H21ClN2O6S/c1-25-15-6-4-12(10-14(15)19)21-18(22)8-9-20-28(23,24)13-5-7-16(26-2)17(11-13)27-3/h4-7,10-11,20H,8-9H2,1-3H3,(H,21,22). The third-order valence-electron chi connectivity index (χ3n) is 3.75. The lowest BCUT2D eigenvalue weighted by Crippen LogP contribution is -2.27. The molecule has 0 spiro atoms.